The third-order valence-electron chi connectivity index (χ3n) is 2.89. The molecule has 1 aromatic carbocycles. The Morgan fingerprint density at radius 3 is 2.65 bits per heavy atom. The first-order chi connectivity index (χ1) is 8.06. The van der Waals surface area contributed by atoms with Crippen LogP contribution in [0, 0.1) is 6.92 Å². The fourth-order valence-electron chi connectivity index (χ4n) is 1.86. The van der Waals surface area contributed by atoms with Crippen LogP contribution in [0.3, 0.4) is 0 Å². The second kappa shape index (κ2) is 6.28. The molecule has 0 aliphatic carbocycles. The molecule has 0 aliphatic rings. The molecule has 1 rings (SSSR count). The number of rotatable bonds is 6. The molecule has 17 heavy (non-hydrogen) atoms. The number of carboxylic acid groups (broad SMARTS) is 1. The lowest BCUT2D eigenvalue weighted by Gasteiger charge is -2.21. The van der Waals surface area contributed by atoms with Gasteiger partial charge in [0.15, 0.2) is 0 Å². The first-order valence-electron chi connectivity index (χ1n) is 6.11. The topological polar surface area (TPSA) is 40.5 Å². The number of carboxylic acids is 1. The number of anilines is 1. The standard InChI is InChI=1S/C14H21NO2/c1-4-5-6-9-15(3)13-10-11(2)7-8-12(13)14(16)17/h7-8,10H,4-6,9H2,1-3H3,(H,16,17). The van der Waals surface area contributed by atoms with E-state index in [1.165, 1.54) is 12.8 Å². The average Bonchev–Trinajstić information content (AvgIpc) is 2.28. The van der Waals surface area contributed by atoms with Gasteiger partial charge in [-0.1, -0.05) is 25.8 Å². The van der Waals surface area contributed by atoms with Crippen molar-refractivity contribution in [2.45, 2.75) is 33.1 Å². The van der Waals surface area contributed by atoms with Crippen molar-refractivity contribution in [1.82, 2.24) is 0 Å². The Morgan fingerprint density at radius 2 is 2.06 bits per heavy atom. The van der Waals surface area contributed by atoms with Gasteiger partial charge in [0, 0.05) is 13.6 Å². The Labute approximate surface area is 103 Å². The smallest absolute Gasteiger partial charge is 0.337 e. The molecule has 0 radical (unpaired) electrons. The van der Waals surface area contributed by atoms with Crippen molar-refractivity contribution in [3.63, 3.8) is 0 Å². The van der Waals surface area contributed by atoms with E-state index in [1.54, 1.807) is 6.07 Å². The quantitative estimate of drug-likeness (QED) is 0.769. The van der Waals surface area contributed by atoms with E-state index in [2.05, 4.69) is 6.92 Å². The fraction of sp³-hybridized carbons (Fsp3) is 0.500. The van der Waals surface area contributed by atoms with E-state index in [0.29, 0.717) is 5.56 Å². The zero-order valence-electron chi connectivity index (χ0n) is 10.9. The molecule has 0 saturated carbocycles. The molecule has 0 unspecified atom stereocenters. The van der Waals surface area contributed by atoms with E-state index in [9.17, 15) is 4.79 Å². The van der Waals surface area contributed by atoms with Gasteiger partial charge in [-0.3, -0.25) is 0 Å². The van der Waals surface area contributed by atoms with Crippen LogP contribution in [0.1, 0.15) is 42.1 Å². The van der Waals surface area contributed by atoms with Gasteiger partial charge in [-0.05, 0) is 31.0 Å². The molecule has 3 heteroatoms. The Kier molecular flexibility index (Phi) is 5.01. The van der Waals surface area contributed by atoms with Crippen LogP contribution in [-0.4, -0.2) is 24.7 Å². The van der Waals surface area contributed by atoms with Gasteiger partial charge in [0.1, 0.15) is 0 Å². The number of unbranched alkanes of at least 4 members (excludes halogenated alkanes) is 2. The number of aromatic carboxylic acids is 1. The minimum atomic E-state index is -0.859. The Balaban J connectivity index is 2.86. The van der Waals surface area contributed by atoms with Crippen LogP contribution < -0.4 is 4.90 Å². The maximum absolute atomic E-state index is 11.1. The molecule has 3 nitrogen and oxygen atoms in total. The third-order valence-corrected chi connectivity index (χ3v) is 2.89. The van der Waals surface area contributed by atoms with E-state index in [-0.39, 0.29) is 0 Å². The zero-order chi connectivity index (χ0) is 12.8. The number of nitrogens with zero attached hydrogens (tertiary/aromatic N) is 1. The average molecular weight is 235 g/mol. The maximum atomic E-state index is 11.1. The molecule has 0 aromatic heterocycles. The van der Waals surface area contributed by atoms with Gasteiger partial charge in [-0.2, -0.15) is 0 Å². The molecule has 1 aromatic rings. The summed E-state index contributed by atoms with van der Waals surface area (Å²) in [6.45, 7) is 5.04. The normalized spacial score (nSPS) is 10.3. The second-order valence-corrected chi connectivity index (χ2v) is 4.45. The number of aryl methyl sites for hydroxylation is 1. The molecule has 0 aliphatic heterocycles. The van der Waals surface area contributed by atoms with Crippen LogP contribution in [-0.2, 0) is 0 Å². The summed E-state index contributed by atoms with van der Waals surface area (Å²) in [5, 5.41) is 9.15. The molecule has 0 amide bonds. The number of carbonyl (C=O) groups is 1. The van der Waals surface area contributed by atoms with Crippen molar-refractivity contribution < 1.29 is 9.90 Å². The van der Waals surface area contributed by atoms with Gasteiger partial charge in [-0.25, -0.2) is 4.79 Å². The number of hydrogen-bond acceptors (Lipinski definition) is 2. The summed E-state index contributed by atoms with van der Waals surface area (Å²) in [5.41, 5.74) is 2.29. The van der Waals surface area contributed by atoms with Gasteiger partial charge in [0.25, 0.3) is 0 Å². The van der Waals surface area contributed by atoms with Crippen LogP contribution in [0.25, 0.3) is 0 Å². The summed E-state index contributed by atoms with van der Waals surface area (Å²) in [5.74, 6) is -0.859. The highest BCUT2D eigenvalue weighted by Gasteiger charge is 2.13. The third kappa shape index (κ3) is 3.77. The van der Waals surface area contributed by atoms with Crippen LogP contribution in [0.5, 0.6) is 0 Å². The molecular formula is C14H21NO2. The highest BCUT2D eigenvalue weighted by molar-refractivity contribution is 5.94. The lowest BCUT2D eigenvalue weighted by atomic mass is 10.1. The van der Waals surface area contributed by atoms with Crippen molar-refractivity contribution in [3.05, 3.63) is 29.3 Å². The molecule has 94 valence electrons. The molecule has 0 spiro atoms. The summed E-state index contributed by atoms with van der Waals surface area (Å²) in [6, 6.07) is 5.46. The van der Waals surface area contributed by atoms with Crippen molar-refractivity contribution >= 4 is 11.7 Å². The van der Waals surface area contributed by atoms with Crippen molar-refractivity contribution in [2.75, 3.05) is 18.5 Å². The Hall–Kier alpha value is -1.51. The van der Waals surface area contributed by atoms with Gasteiger partial charge in [0.05, 0.1) is 11.3 Å². The molecule has 0 saturated heterocycles. The fourth-order valence-corrected chi connectivity index (χ4v) is 1.86. The predicted molar refractivity (Wildman–Crippen MR) is 70.9 cm³/mol. The van der Waals surface area contributed by atoms with Crippen molar-refractivity contribution in [3.8, 4) is 0 Å². The molecular weight excluding hydrogens is 214 g/mol. The molecule has 0 bridgehead atoms. The van der Waals surface area contributed by atoms with Crippen LogP contribution in [0.4, 0.5) is 5.69 Å². The Morgan fingerprint density at radius 1 is 1.35 bits per heavy atom. The van der Waals surface area contributed by atoms with Gasteiger partial charge in [0.2, 0.25) is 0 Å². The summed E-state index contributed by atoms with van der Waals surface area (Å²) in [4.78, 5) is 13.2. The number of hydrogen-bond donors (Lipinski definition) is 1. The summed E-state index contributed by atoms with van der Waals surface area (Å²) in [6.07, 6.45) is 3.45. The highest BCUT2D eigenvalue weighted by Crippen LogP contribution is 2.21. The molecule has 0 heterocycles. The maximum Gasteiger partial charge on any atom is 0.337 e. The van der Waals surface area contributed by atoms with Gasteiger partial charge < -0.3 is 10.0 Å². The first kappa shape index (κ1) is 13.6. The number of benzene rings is 1. The van der Waals surface area contributed by atoms with E-state index >= 15 is 0 Å². The van der Waals surface area contributed by atoms with Crippen LogP contribution >= 0.6 is 0 Å². The Bertz CT molecular complexity index is 388. The second-order valence-electron chi connectivity index (χ2n) is 4.45. The monoisotopic (exact) mass is 235 g/mol. The summed E-state index contributed by atoms with van der Waals surface area (Å²) >= 11 is 0. The van der Waals surface area contributed by atoms with E-state index in [1.807, 2.05) is 31.0 Å². The van der Waals surface area contributed by atoms with Gasteiger partial charge >= 0.3 is 5.97 Å². The van der Waals surface area contributed by atoms with E-state index < -0.39 is 5.97 Å². The van der Waals surface area contributed by atoms with Crippen molar-refractivity contribution in [2.24, 2.45) is 0 Å². The minimum absolute atomic E-state index is 0.384. The molecule has 0 fully saturated rings. The van der Waals surface area contributed by atoms with E-state index in [4.69, 9.17) is 5.11 Å². The van der Waals surface area contributed by atoms with Crippen molar-refractivity contribution in [1.29, 1.82) is 0 Å². The minimum Gasteiger partial charge on any atom is -0.478 e. The first-order valence-corrected chi connectivity index (χ1v) is 6.11. The summed E-state index contributed by atoms with van der Waals surface area (Å²) in [7, 11) is 1.96. The van der Waals surface area contributed by atoms with Crippen LogP contribution in [0.2, 0.25) is 0 Å². The van der Waals surface area contributed by atoms with Crippen LogP contribution in [0.15, 0.2) is 18.2 Å². The SMILES string of the molecule is CCCCCN(C)c1cc(C)ccc1C(=O)O. The lowest BCUT2D eigenvalue weighted by molar-refractivity contribution is 0.0697. The summed E-state index contributed by atoms with van der Waals surface area (Å²) < 4.78 is 0. The highest BCUT2D eigenvalue weighted by atomic mass is 16.4. The lowest BCUT2D eigenvalue weighted by Crippen LogP contribution is -2.21. The molecule has 0 atom stereocenters. The van der Waals surface area contributed by atoms with E-state index in [0.717, 1.165) is 24.2 Å². The van der Waals surface area contributed by atoms with Gasteiger partial charge in [-0.15, -0.1) is 0 Å². The largest absolute Gasteiger partial charge is 0.478 e. The predicted octanol–water partition coefficient (Wildman–Crippen LogP) is 3.32. The zero-order valence-corrected chi connectivity index (χ0v) is 10.9. The molecule has 1 N–H and O–H groups in total.